The van der Waals surface area contributed by atoms with Crippen LogP contribution >= 0.6 is 0 Å². The molecule has 0 spiro atoms. The first-order valence-corrected chi connectivity index (χ1v) is 11.9. The first kappa shape index (κ1) is 22.9. The van der Waals surface area contributed by atoms with Crippen molar-refractivity contribution in [1.82, 2.24) is 19.9 Å². The summed E-state index contributed by atoms with van der Waals surface area (Å²) in [7, 11) is 1.59. The molecule has 0 bridgehead atoms. The van der Waals surface area contributed by atoms with Gasteiger partial charge in [0.05, 0.1) is 5.69 Å². The van der Waals surface area contributed by atoms with E-state index in [1.165, 1.54) is 0 Å². The second kappa shape index (κ2) is 10.6. The number of likely N-dealkylation sites (tertiary alicyclic amines) is 1. The number of hydrogen-bond acceptors (Lipinski definition) is 5. The van der Waals surface area contributed by atoms with Gasteiger partial charge in [-0.25, -0.2) is 9.97 Å². The Morgan fingerprint density at radius 2 is 1.69 bits per heavy atom. The molecule has 3 heterocycles. The van der Waals surface area contributed by atoms with E-state index in [1.807, 2.05) is 71.8 Å². The first-order valence-electron chi connectivity index (χ1n) is 11.9. The summed E-state index contributed by atoms with van der Waals surface area (Å²) in [6, 6.07) is 23.7. The van der Waals surface area contributed by atoms with E-state index in [0.29, 0.717) is 18.9 Å². The Morgan fingerprint density at radius 3 is 2.40 bits per heavy atom. The van der Waals surface area contributed by atoms with E-state index in [9.17, 15) is 4.79 Å². The summed E-state index contributed by atoms with van der Waals surface area (Å²) in [5.74, 6) is 0.762. The second-order valence-corrected chi connectivity index (χ2v) is 8.74. The Labute approximate surface area is 205 Å². The van der Waals surface area contributed by atoms with Crippen LogP contribution in [0.3, 0.4) is 0 Å². The highest BCUT2D eigenvalue weighted by atomic mass is 16.5. The van der Waals surface area contributed by atoms with Crippen LogP contribution in [0.4, 0.5) is 0 Å². The number of amides is 1. The van der Waals surface area contributed by atoms with Gasteiger partial charge in [0.1, 0.15) is 0 Å². The molecule has 1 aliphatic heterocycles. The summed E-state index contributed by atoms with van der Waals surface area (Å²) in [5.41, 5.74) is 4.85. The monoisotopic (exact) mass is 464 g/mol. The third kappa shape index (κ3) is 4.98. The van der Waals surface area contributed by atoms with Gasteiger partial charge in [0.15, 0.2) is 11.9 Å². The zero-order valence-corrected chi connectivity index (χ0v) is 19.7. The van der Waals surface area contributed by atoms with Crippen molar-refractivity contribution in [2.24, 2.45) is 0 Å². The molecule has 0 aliphatic carbocycles. The van der Waals surface area contributed by atoms with Gasteiger partial charge >= 0.3 is 0 Å². The highest BCUT2D eigenvalue weighted by Gasteiger charge is 2.32. The van der Waals surface area contributed by atoms with E-state index in [0.717, 1.165) is 40.8 Å². The van der Waals surface area contributed by atoms with Crippen molar-refractivity contribution >= 4 is 5.91 Å². The number of carbonyl (C=O) groups excluding carboxylic acids is 1. The lowest BCUT2D eigenvalue weighted by atomic mass is 9.89. The Balaban J connectivity index is 1.48. The minimum absolute atomic E-state index is 0.00641. The lowest BCUT2D eigenvalue weighted by Crippen LogP contribution is -2.42. The largest absolute Gasteiger partial charge is 0.367 e. The summed E-state index contributed by atoms with van der Waals surface area (Å²) in [6.07, 6.45) is 6.67. The fraction of sp³-hybridized carbons (Fsp3) is 0.241. The van der Waals surface area contributed by atoms with Crippen LogP contribution in [-0.2, 0) is 9.53 Å². The third-order valence-electron chi connectivity index (χ3n) is 6.52. The number of hydrogen-bond donors (Lipinski definition) is 0. The second-order valence-electron chi connectivity index (χ2n) is 8.74. The summed E-state index contributed by atoms with van der Waals surface area (Å²) >= 11 is 0. The first-order chi connectivity index (χ1) is 17.2. The lowest BCUT2D eigenvalue weighted by molar-refractivity contribution is -0.143. The van der Waals surface area contributed by atoms with Crippen LogP contribution in [0, 0.1) is 0 Å². The van der Waals surface area contributed by atoms with Gasteiger partial charge in [0.2, 0.25) is 0 Å². The third-order valence-corrected chi connectivity index (χ3v) is 6.52. The molecule has 0 radical (unpaired) electrons. The zero-order valence-electron chi connectivity index (χ0n) is 19.7. The normalized spacial score (nSPS) is 16.6. The number of pyridine rings is 1. The average Bonchev–Trinajstić information content (AvgIpc) is 2.95. The number of ether oxygens (including phenoxy) is 1. The molecule has 1 amide bonds. The van der Waals surface area contributed by atoms with Crippen molar-refractivity contribution < 1.29 is 9.53 Å². The number of aromatic nitrogens is 3. The fourth-order valence-electron chi connectivity index (χ4n) is 4.76. The van der Waals surface area contributed by atoms with Crippen LogP contribution in [-0.4, -0.2) is 46.0 Å². The van der Waals surface area contributed by atoms with Crippen molar-refractivity contribution in [2.45, 2.75) is 24.9 Å². The smallest absolute Gasteiger partial charge is 0.256 e. The topological polar surface area (TPSA) is 68.2 Å². The van der Waals surface area contributed by atoms with Gasteiger partial charge in [-0.2, -0.15) is 0 Å². The van der Waals surface area contributed by atoms with E-state index in [4.69, 9.17) is 9.72 Å². The number of piperidine rings is 1. The maximum atomic E-state index is 13.5. The van der Waals surface area contributed by atoms with E-state index >= 15 is 0 Å². The van der Waals surface area contributed by atoms with Crippen LogP contribution in [0.1, 0.15) is 36.1 Å². The Morgan fingerprint density at radius 1 is 0.971 bits per heavy atom. The Bertz CT molecular complexity index is 1270. The molecule has 2 aromatic heterocycles. The van der Waals surface area contributed by atoms with Gasteiger partial charge in [-0.15, -0.1) is 0 Å². The fourth-order valence-corrected chi connectivity index (χ4v) is 4.76. The number of rotatable bonds is 6. The number of nitrogens with zero attached hydrogens (tertiary/aromatic N) is 4. The van der Waals surface area contributed by atoms with E-state index in [-0.39, 0.29) is 11.8 Å². The molecule has 176 valence electrons. The molecular formula is C29H28N4O2. The Kier molecular flexibility index (Phi) is 6.91. The number of carbonyl (C=O) groups is 1. The quantitative estimate of drug-likeness (QED) is 0.387. The molecule has 0 saturated carbocycles. The molecule has 6 nitrogen and oxygen atoms in total. The van der Waals surface area contributed by atoms with Gasteiger partial charge in [-0.05, 0) is 36.1 Å². The maximum Gasteiger partial charge on any atom is 0.256 e. The zero-order chi connectivity index (χ0) is 24.0. The minimum Gasteiger partial charge on any atom is -0.367 e. The van der Waals surface area contributed by atoms with Crippen LogP contribution in [0.2, 0.25) is 0 Å². The van der Waals surface area contributed by atoms with E-state index in [1.54, 1.807) is 19.5 Å². The molecule has 5 rings (SSSR count). The summed E-state index contributed by atoms with van der Waals surface area (Å²) in [6.45, 7) is 1.31. The number of benzene rings is 2. The standard InChI is InChI=1S/C29H28N4O2/c1-35-27(22-11-6-3-7-12-22)29(34)33-18-8-13-24(20-33)26-25(21-9-4-2-5-10-21)19-31-28(32-26)23-14-16-30-17-15-23/h2-7,9-12,14-17,19,24,27H,8,13,18,20H2,1H3/t24-,27+/m0/s1. The molecule has 2 aromatic carbocycles. The van der Waals surface area contributed by atoms with Crippen molar-refractivity contribution in [3.05, 3.63) is 103 Å². The maximum absolute atomic E-state index is 13.5. The predicted molar refractivity (Wildman–Crippen MR) is 135 cm³/mol. The molecule has 6 heteroatoms. The molecule has 1 saturated heterocycles. The van der Waals surface area contributed by atoms with Crippen molar-refractivity contribution in [1.29, 1.82) is 0 Å². The molecule has 0 N–H and O–H groups in total. The summed E-state index contributed by atoms with van der Waals surface area (Å²) < 4.78 is 5.64. The van der Waals surface area contributed by atoms with Gasteiger partial charge in [0.25, 0.3) is 5.91 Å². The van der Waals surface area contributed by atoms with E-state index in [2.05, 4.69) is 22.1 Å². The predicted octanol–water partition coefficient (Wildman–Crippen LogP) is 5.30. The molecule has 35 heavy (non-hydrogen) atoms. The summed E-state index contributed by atoms with van der Waals surface area (Å²) in [4.78, 5) is 29.3. The molecule has 1 aliphatic rings. The van der Waals surface area contributed by atoms with Crippen LogP contribution in [0.15, 0.2) is 91.4 Å². The van der Waals surface area contributed by atoms with Crippen LogP contribution in [0.5, 0.6) is 0 Å². The van der Waals surface area contributed by atoms with Gasteiger partial charge < -0.3 is 9.64 Å². The average molecular weight is 465 g/mol. The molecular weight excluding hydrogens is 436 g/mol. The molecule has 1 fully saturated rings. The number of methoxy groups -OCH3 is 1. The highest BCUT2D eigenvalue weighted by Crippen LogP contribution is 2.35. The van der Waals surface area contributed by atoms with Crippen LogP contribution in [0.25, 0.3) is 22.5 Å². The van der Waals surface area contributed by atoms with Crippen LogP contribution < -0.4 is 0 Å². The lowest BCUT2D eigenvalue weighted by Gasteiger charge is -2.35. The molecule has 4 aromatic rings. The van der Waals surface area contributed by atoms with E-state index < -0.39 is 6.10 Å². The SMILES string of the molecule is CO[C@@H](C(=O)N1CCC[C@H](c2nc(-c3ccncc3)ncc2-c2ccccc2)C1)c1ccccc1. The van der Waals surface area contributed by atoms with Gasteiger partial charge in [-0.3, -0.25) is 9.78 Å². The minimum atomic E-state index is -0.610. The van der Waals surface area contributed by atoms with Crippen molar-refractivity contribution in [2.75, 3.05) is 20.2 Å². The van der Waals surface area contributed by atoms with Crippen molar-refractivity contribution in [3.8, 4) is 22.5 Å². The molecule has 2 atom stereocenters. The van der Waals surface area contributed by atoms with Gasteiger partial charge in [0, 0.05) is 55.8 Å². The highest BCUT2D eigenvalue weighted by molar-refractivity contribution is 5.82. The molecule has 0 unspecified atom stereocenters. The van der Waals surface area contributed by atoms with Gasteiger partial charge in [-0.1, -0.05) is 60.7 Å². The Hall–Kier alpha value is -3.90. The summed E-state index contributed by atoms with van der Waals surface area (Å²) in [5, 5.41) is 0. The van der Waals surface area contributed by atoms with Crippen molar-refractivity contribution in [3.63, 3.8) is 0 Å².